The van der Waals surface area contributed by atoms with Crippen molar-refractivity contribution in [1.82, 2.24) is 19.3 Å². The SMILES string of the molecule is CC1(OS(=O)(=O)NC(=O)C2(N)CC2)CC1.COc1ccc2c(O[C@@H]3C[C@@H](C(=O)CC4(C(=O)NS(=O)(=O)OC5(C)CC5)CC4)N(C(=O)[C@@H](CC(=O)OC(C)(C)C)C(C)(C)C)C3)nccc2c1. The second-order valence-electron chi connectivity index (χ2n) is 20.8. The van der Waals surface area contributed by atoms with Gasteiger partial charge in [0.1, 0.15) is 17.5 Å². The molecule has 5 aliphatic rings. The van der Waals surface area contributed by atoms with Crippen LogP contribution in [-0.4, -0.2) is 104 Å². The number of hydrogen-bond donors (Lipinski definition) is 3. The monoisotopic (exact) mass is 949 g/mol. The molecule has 7 rings (SSSR count). The van der Waals surface area contributed by atoms with E-state index in [2.05, 4.69) is 4.98 Å². The molecule has 2 aromatic rings. The van der Waals surface area contributed by atoms with E-state index in [1.165, 1.54) is 4.90 Å². The molecular weight excluding hydrogens is 887 g/mol. The Bertz CT molecular complexity index is 2430. The summed E-state index contributed by atoms with van der Waals surface area (Å²) >= 11 is 0. The average Bonchev–Trinajstić information content (AvgIpc) is 4.08. The Balaban J connectivity index is 0.000000392. The van der Waals surface area contributed by atoms with Gasteiger partial charge in [0.25, 0.3) is 5.91 Å². The normalized spacial score (nSPS) is 22.6. The van der Waals surface area contributed by atoms with Crippen LogP contribution in [0, 0.1) is 16.7 Å². The van der Waals surface area contributed by atoms with Gasteiger partial charge in [0.15, 0.2) is 5.78 Å². The Morgan fingerprint density at radius 2 is 1.42 bits per heavy atom. The lowest BCUT2D eigenvalue weighted by Gasteiger charge is -2.35. The number of amides is 3. The molecule has 4 aliphatic carbocycles. The van der Waals surface area contributed by atoms with Gasteiger partial charge in [-0.15, -0.1) is 0 Å². The minimum atomic E-state index is -4.37. The van der Waals surface area contributed by atoms with Crippen molar-refractivity contribution in [2.75, 3.05) is 13.7 Å². The average molecular weight is 950 g/mol. The maximum atomic E-state index is 14.4. The maximum Gasteiger partial charge on any atom is 0.362 e. The molecule has 3 amide bonds. The van der Waals surface area contributed by atoms with Gasteiger partial charge in [0.2, 0.25) is 17.7 Å². The summed E-state index contributed by atoms with van der Waals surface area (Å²) in [5, 5.41) is 1.55. The highest BCUT2D eigenvalue weighted by molar-refractivity contribution is 7.85. The number of nitrogens with zero attached hydrogens (tertiary/aromatic N) is 2. The number of rotatable bonds is 17. The predicted octanol–water partition coefficient (Wildman–Crippen LogP) is 4.06. The van der Waals surface area contributed by atoms with E-state index in [-0.39, 0.29) is 25.8 Å². The minimum absolute atomic E-state index is 0.0321. The van der Waals surface area contributed by atoms with E-state index in [1.54, 1.807) is 54.0 Å². The third-order valence-electron chi connectivity index (χ3n) is 12.3. The number of esters is 1. The number of likely N-dealkylation sites (tertiary alicyclic amines) is 1. The third-order valence-corrected chi connectivity index (χ3v) is 14.4. The molecule has 0 radical (unpaired) electrons. The molecule has 0 bridgehead atoms. The second-order valence-corrected chi connectivity index (χ2v) is 23.4. The summed E-state index contributed by atoms with van der Waals surface area (Å²) in [4.78, 5) is 72.1. The van der Waals surface area contributed by atoms with Crippen molar-refractivity contribution in [3.63, 3.8) is 0 Å². The molecule has 4 saturated carbocycles. The van der Waals surface area contributed by atoms with Crippen LogP contribution in [0.5, 0.6) is 11.6 Å². The van der Waals surface area contributed by atoms with Gasteiger partial charge >= 0.3 is 26.6 Å². The molecule has 0 spiro atoms. The first-order valence-electron chi connectivity index (χ1n) is 21.9. The Kier molecular flexibility index (Phi) is 13.6. The Morgan fingerprint density at radius 3 is 1.91 bits per heavy atom. The summed E-state index contributed by atoms with van der Waals surface area (Å²) in [7, 11) is -6.79. The number of fused-ring (bicyclic) bond motifs is 1. The summed E-state index contributed by atoms with van der Waals surface area (Å²) in [6.07, 6.45) is 4.76. The van der Waals surface area contributed by atoms with Gasteiger partial charge in [0.05, 0.1) is 54.2 Å². The number of nitrogens with one attached hydrogen (secondary N) is 2. The van der Waals surface area contributed by atoms with E-state index in [4.69, 9.17) is 28.3 Å². The van der Waals surface area contributed by atoms with E-state index >= 15 is 0 Å². The van der Waals surface area contributed by atoms with Crippen LogP contribution in [0.2, 0.25) is 0 Å². The van der Waals surface area contributed by atoms with Crippen molar-refractivity contribution in [1.29, 1.82) is 0 Å². The highest BCUT2D eigenvalue weighted by atomic mass is 32.2. The number of carbonyl (C=O) groups excluding carboxylic acids is 5. The van der Waals surface area contributed by atoms with Gasteiger partial charge in [0, 0.05) is 24.4 Å². The number of methoxy groups -OCH3 is 1. The molecule has 1 saturated heterocycles. The lowest BCUT2D eigenvalue weighted by molar-refractivity contribution is -0.161. The number of Topliss-reactive ketones (excluding diaryl/α,β-unsaturated/α-hetero) is 1. The molecule has 1 aromatic heterocycles. The number of nitrogens with two attached hydrogens (primary N) is 1. The second kappa shape index (κ2) is 17.7. The molecule has 1 aliphatic heterocycles. The molecule has 0 unspecified atom stereocenters. The number of ketones is 1. The molecule has 21 heteroatoms. The molecular formula is C44H63N5O14S2. The summed E-state index contributed by atoms with van der Waals surface area (Å²) < 4.78 is 79.0. The van der Waals surface area contributed by atoms with E-state index in [9.17, 15) is 40.8 Å². The van der Waals surface area contributed by atoms with Gasteiger partial charge in [-0.25, -0.2) is 22.8 Å². The lowest BCUT2D eigenvalue weighted by atomic mass is 9.77. The first-order chi connectivity index (χ1) is 29.9. The van der Waals surface area contributed by atoms with E-state index in [0.29, 0.717) is 63.0 Å². The van der Waals surface area contributed by atoms with Crippen molar-refractivity contribution < 1.29 is 63.4 Å². The fraction of sp³-hybridized carbons (Fsp3) is 0.682. The highest BCUT2D eigenvalue weighted by Crippen LogP contribution is 2.51. The third kappa shape index (κ3) is 13.1. The van der Waals surface area contributed by atoms with E-state index in [0.717, 1.165) is 10.8 Å². The number of carbonyl (C=O) groups is 5. The summed E-state index contributed by atoms with van der Waals surface area (Å²) in [5.74, 6) is -2.67. The smallest absolute Gasteiger partial charge is 0.362 e. The van der Waals surface area contributed by atoms with Crippen LogP contribution in [0.15, 0.2) is 30.5 Å². The fourth-order valence-electron chi connectivity index (χ4n) is 7.43. The van der Waals surface area contributed by atoms with Gasteiger partial charge in [-0.1, -0.05) is 20.8 Å². The topological polar surface area (TPSA) is 266 Å². The summed E-state index contributed by atoms with van der Waals surface area (Å²) in [6.45, 7) is 14.2. The zero-order chi connectivity index (χ0) is 48.2. The van der Waals surface area contributed by atoms with Crippen molar-refractivity contribution in [3.05, 3.63) is 30.5 Å². The lowest BCUT2D eigenvalue weighted by Crippen LogP contribution is -2.48. The van der Waals surface area contributed by atoms with Gasteiger partial charge in [-0.2, -0.15) is 16.8 Å². The minimum Gasteiger partial charge on any atom is -0.497 e. The van der Waals surface area contributed by atoms with Crippen molar-refractivity contribution >= 4 is 60.9 Å². The molecule has 19 nitrogen and oxygen atoms in total. The molecule has 2 heterocycles. The van der Waals surface area contributed by atoms with Crippen molar-refractivity contribution in [3.8, 4) is 11.6 Å². The van der Waals surface area contributed by atoms with Crippen LogP contribution in [0.25, 0.3) is 10.8 Å². The Hall–Kier alpha value is -4.44. The summed E-state index contributed by atoms with van der Waals surface area (Å²) in [6, 6.07) is 6.29. The largest absolute Gasteiger partial charge is 0.497 e. The highest BCUT2D eigenvalue weighted by Gasteiger charge is 2.56. The van der Waals surface area contributed by atoms with Crippen LogP contribution in [0.1, 0.15) is 126 Å². The van der Waals surface area contributed by atoms with Gasteiger partial charge in [-0.3, -0.25) is 24.0 Å². The van der Waals surface area contributed by atoms with E-state index < -0.39 is 101 Å². The molecule has 360 valence electrons. The van der Waals surface area contributed by atoms with Crippen LogP contribution < -0.4 is 24.7 Å². The first kappa shape index (κ1) is 50.0. The zero-order valence-corrected chi connectivity index (χ0v) is 40.2. The maximum absolute atomic E-state index is 14.4. The van der Waals surface area contributed by atoms with Crippen LogP contribution in [0.4, 0.5) is 0 Å². The molecule has 65 heavy (non-hydrogen) atoms. The molecule has 1 aromatic carbocycles. The van der Waals surface area contributed by atoms with Gasteiger partial charge < -0.3 is 24.8 Å². The number of pyridine rings is 1. The summed E-state index contributed by atoms with van der Waals surface area (Å²) in [5.41, 5.74) is 0.424. The molecule has 4 N–H and O–H groups in total. The standard InChI is InChI=1S/C36H49N3O10S.C8H14N2O4S/c1-33(2,3)26(19-29(41)48-34(4,5)6)31(42)39-21-24(47-30-25-10-9-23(46-8)17-22(25)11-16-37-30)18-27(39)28(40)20-36(14-15-36)32(43)38-50(44,45)49-35(7)12-13-35;1-7(2-3-7)14-15(12,13)10-6(11)8(9)4-5-8/h9-11,16-17,24,26-27H,12-15,18-21H2,1-8H3,(H,38,43);2-5,9H2,1H3,(H,10,11)/t24-,26-,27+;/m1./s1. The van der Waals surface area contributed by atoms with Crippen molar-refractivity contribution in [2.24, 2.45) is 22.5 Å². The molecule has 3 atom stereocenters. The van der Waals surface area contributed by atoms with Gasteiger partial charge in [-0.05, 0) is 121 Å². The van der Waals surface area contributed by atoms with E-state index in [1.807, 2.05) is 48.4 Å². The Labute approximate surface area is 381 Å². The molecule has 5 fully saturated rings. The number of hydrogen-bond acceptors (Lipinski definition) is 16. The first-order valence-corrected chi connectivity index (χ1v) is 24.7. The quantitative estimate of drug-likeness (QED) is 0.189. The number of ether oxygens (including phenoxy) is 3. The van der Waals surface area contributed by atoms with Crippen LogP contribution in [-0.2, 0) is 57.7 Å². The number of benzene rings is 1. The Morgan fingerprint density at radius 1 is 0.846 bits per heavy atom. The fourth-order valence-corrected chi connectivity index (χ4v) is 9.78. The number of aromatic nitrogens is 1. The van der Waals surface area contributed by atoms with Crippen LogP contribution >= 0.6 is 0 Å². The van der Waals surface area contributed by atoms with Crippen molar-refractivity contribution in [2.45, 2.75) is 161 Å². The predicted molar refractivity (Wildman–Crippen MR) is 235 cm³/mol. The zero-order valence-electron chi connectivity index (χ0n) is 38.6. The van der Waals surface area contributed by atoms with Crippen LogP contribution in [0.3, 0.4) is 0 Å².